The van der Waals surface area contributed by atoms with Crippen LogP contribution in [0.3, 0.4) is 0 Å². The van der Waals surface area contributed by atoms with Crippen LogP contribution in [0, 0.1) is 42.4 Å². The summed E-state index contributed by atoms with van der Waals surface area (Å²) in [5.41, 5.74) is -0.848. The smallest absolute Gasteiger partial charge is 0.416 e. The Morgan fingerprint density at radius 1 is 1.12 bits per heavy atom. The number of esters is 1. The van der Waals surface area contributed by atoms with Gasteiger partial charge in [0.05, 0.1) is 24.4 Å². The summed E-state index contributed by atoms with van der Waals surface area (Å²) < 4.78 is 49.1. The van der Waals surface area contributed by atoms with Crippen molar-refractivity contribution in [1.82, 2.24) is 0 Å². The van der Waals surface area contributed by atoms with E-state index in [2.05, 4.69) is 11.8 Å². The Bertz CT molecular complexity index is 1050. The van der Waals surface area contributed by atoms with E-state index in [0.29, 0.717) is 32.1 Å². The minimum absolute atomic E-state index is 0.0214. The molecule has 3 N–H and O–H groups in total. The molecule has 1 aromatic rings. The molecule has 1 fully saturated rings. The van der Waals surface area contributed by atoms with Gasteiger partial charge in [0.25, 0.3) is 0 Å². The first kappa shape index (κ1) is 33.0. The van der Waals surface area contributed by atoms with Gasteiger partial charge in [-0.1, -0.05) is 30.4 Å². The molecule has 1 saturated carbocycles. The first-order chi connectivity index (χ1) is 19.0. The molecular weight excluding hydrogens is 525 g/mol. The summed E-state index contributed by atoms with van der Waals surface area (Å²) >= 11 is 0. The standard InChI is InChI=1S/C31H37F3O6/c1-3-10-22(11-4-2)20-40-30(38)15-8-6-5-7-14-26-27(29(37)19-28(26)36)17-16-24(35)21-39-25-13-9-12-23(18-25)31(32,33)34/h1-2,5,7,9,12-13,16-18,22,24,26-29,35-37H,6,8,10-11,14-15,19-21H2/b7-5+,17-16+/t24-,26-,27-,28+,29-/m1/s1. The summed E-state index contributed by atoms with van der Waals surface area (Å²) in [5, 5.41) is 31.0. The van der Waals surface area contributed by atoms with E-state index in [0.717, 1.165) is 12.1 Å². The minimum Gasteiger partial charge on any atom is -0.491 e. The molecule has 1 aromatic carbocycles. The van der Waals surface area contributed by atoms with Crippen molar-refractivity contribution in [2.75, 3.05) is 13.2 Å². The number of aliphatic hydroxyl groups is 3. The highest BCUT2D eigenvalue weighted by atomic mass is 19.4. The van der Waals surface area contributed by atoms with Crippen molar-refractivity contribution in [2.45, 2.75) is 69.4 Å². The molecule has 5 atom stereocenters. The highest BCUT2D eigenvalue weighted by Gasteiger charge is 2.39. The maximum atomic E-state index is 12.8. The number of aliphatic hydroxyl groups excluding tert-OH is 3. The van der Waals surface area contributed by atoms with Crippen LogP contribution in [-0.4, -0.2) is 52.8 Å². The first-order valence-corrected chi connectivity index (χ1v) is 13.2. The van der Waals surface area contributed by atoms with E-state index in [-0.39, 0.29) is 49.6 Å². The van der Waals surface area contributed by atoms with Crippen molar-refractivity contribution in [3.63, 3.8) is 0 Å². The molecule has 0 bridgehead atoms. The number of hydrogen-bond acceptors (Lipinski definition) is 6. The van der Waals surface area contributed by atoms with Gasteiger partial charge in [-0.3, -0.25) is 4.79 Å². The summed E-state index contributed by atoms with van der Waals surface area (Å²) in [6.07, 6.45) is 13.3. The molecule has 1 aliphatic carbocycles. The first-order valence-electron chi connectivity index (χ1n) is 13.2. The lowest BCUT2D eigenvalue weighted by atomic mass is 9.89. The summed E-state index contributed by atoms with van der Waals surface area (Å²) in [6.45, 7) is -0.0728. The number of rotatable bonds is 15. The second-order valence-corrected chi connectivity index (χ2v) is 9.87. The van der Waals surface area contributed by atoms with Crippen LogP contribution < -0.4 is 4.74 Å². The summed E-state index contributed by atoms with van der Waals surface area (Å²) in [5.74, 6) is 3.96. The van der Waals surface area contributed by atoms with Crippen LogP contribution in [0.1, 0.15) is 50.5 Å². The molecule has 0 amide bonds. The maximum Gasteiger partial charge on any atom is 0.416 e. The van der Waals surface area contributed by atoms with Crippen molar-refractivity contribution < 1.29 is 42.8 Å². The number of halogens is 3. The van der Waals surface area contributed by atoms with Gasteiger partial charge in [0.15, 0.2) is 0 Å². The van der Waals surface area contributed by atoms with Crippen LogP contribution in [0.4, 0.5) is 13.2 Å². The molecule has 40 heavy (non-hydrogen) atoms. The van der Waals surface area contributed by atoms with E-state index in [9.17, 15) is 33.3 Å². The highest BCUT2D eigenvalue weighted by Crippen LogP contribution is 2.36. The molecule has 0 unspecified atom stereocenters. The number of carbonyl (C=O) groups excluding carboxylic acids is 1. The van der Waals surface area contributed by atoms with Gasteiger partial charge in [-0.2, -0.15) is 13.2 Å². The topological polar surface area (TPSA) is 96.2 Å². The van der Waals surface area contributed by atoms with Crippen LogP contribution in [0.2, 0.25) is 0 Å². The number of benzene rings is 1. The van der Waals surface area contributed by atoms with E-state index in [1.807, 2.05) is 12.2 Å². The number of hydrogen-bond donors (Lipinski definition) is 3. The Balaban J connectivity index is 1.77. The number of allylic oxidation sites excluding steroid dienone is 2. The molecule has 0 radical (unpaired) electrons. The van der Waals surface area contributed by atoms with Crippen molar-refractivity contribution in [3.8, 4) is 30.4 Å². The van der Waals surface area contributed by atoms with E-state index >= 15 is 0 Å². The summed E-state index contributed by atoms with van der Waals surface area (Å²) in [4.78, 5) is 11.9. The third-order valence-corrected chi connectivity index (χ3v) is 6.67. The Kier molecular flexibility index (Phi) is 13.8. The third-order valence-electron chi connectivity index (χ3n) is 6.67. The zero-order chi connectivity index (χ0) is 29.5. The number of terminal acetylenes is 2. The van der Waals surface area contributed by atoms with Gasteiger partial charge < -0.3 is 24.8 Å². The molecule has 0 saturated heterocycles. The van der Waals surface area contributed by atoms with Gasteiger partial charge in [-0.25, -0.2) is 0 Å². The Morgan fingerprint density at radius 2 is 1.85 bits per heavy atom. The number of ether oxygens (including phenoxy) is 2. The van der Waals surface area contributed by atoms with Crippen LogP contribution in [0.5, 0.6) is 5.75 Å². The molecule has 6 nitrogen and oxygen atoms in total. The molecule has 0 aromatic heterocycles. The predicted octanol–water partition coefficient (Wildman–Crippen LogP) is 4.68. The molecule has 0 aliphatic heterocycles. The zero-order valence-corrected chi connectivity index (χ0v) is 22.3. The summed E-state index contributed by atoms with van der Waals surface area (Å²) in [6, 6.07) is 4.38. The third kappa shape index (κ3) is 11.5. The largest absolute Gasteiger partial charge is 0.491 e. The molecule has 2 rings (SSSR count). The Hall–Kier alpha value is -3.24. The summed E-state index contributed by atoms with van der Waals surface area (Å²) in [7, 11) is 0. The SMILES string of the molecule is C#CCC(CC#C)COC(=O)CCC/C=C/C[C@@H]1[C@@H](/C=C/[C@@H](O)COc2cccc(C(F)(F)F)c2)[C@H](O)C[C@@H]1O. The number of alkyl halides is 3. The average molecular weight is 563 g/mol. The molecule has 0 spiro atoms. The van der Waals surface area contributed by atoms with Crippen molar-refractivity contribution in [1.29, 1.82) is 0 Å². The van der Waals surface area contributed by atoms with E-state index < -0.39 is 36.0 Å². The average Bonchev–Trinajstić information content (AvgIpc) is 3.18. The number of carbonyl (C=O) groups is 1. The van der Waals surface area contributed by atoms with Gasteiger partial charge in [0.2, 0.25) is 0 Å². The fourth-order valence-corrected chi connectivity index (χ4v) is 4.50. The van der Waals surface area contributed by atoms with Crippen molar-refractivity contribution in [2.24, 2.45) is 17.8 Å². The van der Waals surface area contributed by atoms with Gasteiger partial charge in [0, 0.05) is 37.5 Å². The number of unbranched alkanes of at least 4 members (excludes halogenated alkanes) is 1. The van der Waals surface area contributed by atoms with Crippen LogP contribution in [0.15, 0.2) is 48.6 Å². The molecule has 9 heteroatoms. The predicted molar refractivity (Wildman–Crippen MR) is 145 cm³/mol. The molecule has 0 heterocycles. The molecule has 1 aliphatic rings. The van der Waals surface area contributed by atoms with Crippen molar-refractivity contribution >= 4 is 5.97 Å². The minimum atomic E-state index is -4.50. The van der Waals surface area contributed by atoms with Crippen LogP contribution in [0.25, 0.3) is 0 Å². The van der Waals surface area contributed by atoms with Gasteiger partial charge in [-0.15, -0.1) is 24.7 Å². The van der Waals surface area contributed by atoms with E-state index in [1.165, 1.54) is 18.2 Å². The second kappa shape index (κ2) is 16.8. The monoisotopic (exact) mass is 562 g/mol. The van der Waals surface area contributed by atoms with Gasteiger partial charge in [0.1, 0.15) is 18.5 Å². The Labute approximate surface area is 233 Å². The van der Waals surface area contributed by atoms with Crippen LogP contribution in [-0.2, 0) is 15.7 Å². The van der Waals surface area contributed by atoms with Gasteiger partial charge in [-0.05, 0) is 43.4 Å². The zero-order valence-electron chi connectivity index (χ0n) is 22.3. The van der Waals surface area contributed by atoms with Crippen molar-refractivity contribution in [3.05, 3.63) is 54.1 Å². The maximum absolute atomic E-state index is 12.8. The lowest BCUT2D eigenvalue weighted by Crippen LogP contribution is -2.21. The Morgan fingerprint density at radius 3 is 2.52 bits per heavy atom. The normalized spacial score (nSPS) is 21.9. The van der Waals surface area contributed by atoms with E-state index in [4.69, 9.17) is 22.3 Å². The highest BCUT2D eigenvalue weighted by molar-refractivity contribution is 5.69. The molecule has 218 valence electrons. The van der Waals surface area contributed by atoms with E-state index in [1.54, 1.807) is 6.08 Å². The lowest BCUT2D eigenvalue weighted by molar-refractivity contribution is -0.145. The fraction of sp³-hybridized carbons (Fsp3) is 0.516. The molecular formula is C31H37F3O6. The second-order valence-electron chi connectivity index (χ2n) is 9.87. The van der Waals surface area contributed by atoms with Gasteiger partial charge >= 0.3 is 12.1 Å². The van der Waals surface area contributed by atoms with Crippen LogP contribution >= 0.6 is 0 Å². The lowest BCUT2D eigenvalue weighted by Gasteiger charge is -2.19. The quantitative estimate of drug-likeness (QED) is 0.124. The fourth-order valence-electron chi connectivity index (χ4n) is 4.50.